The molecule has 0 spiro atoms. The highest BCUT2D eigenvalue weighted by molar-refractivity contribution is 7.09. The highest BCUT2D eigenvalue weighted by atomic mass is 32.1. The van der Waals surface area contributed by atoms with Gasteiger partial charge in [-0.2, -0.15) is 0 Å². The topological polar surface area (TPSA) is 59.5 Å². The fourth-order valence-corrected chi connectivity index (χ4v) is 2.93. The van der Waals surface area contributed by atoms with E-state index in [1.54, 1.807) is 18.0 Å². The second-order valence-electron chi connectivity index (χ2n) is 4.10. The maximum absolute atomic E-state index is 12.0. The van der Waals surface area contributed by atoms with Crippen molar-refractivity contribution in [3.8, 4) is 0 Å². The Balaban J connectivity index is 2.13. The molecule has 1 atom stereocenters. The SMILES string of the molecule is CCOC(=O)C(=O)N1CCCC[C@H]1c1nccs1. The zero-order chi connectivity index (χ0) is 13.0. The predicted molar refractivity (Wildman–Crippen MR) is 67.1 cm³/mol. The van der Waals surface area contributed by atoms with Crippen LogP contribution in [0.2, 0.25) is 0 Å². The van der Waals surface area contributed by atoms with Gasteiger partial charge in [-0.05, 0) is 26.2 Å². The van der Waals surface area contributed by atoms with Gasteiger partial charge in [0.05, 0.1) is 12.6 Å². The van der Waals surface area contributed by atoms with Crippen molar-refractivity contribution in [1.29, 1.82) is 0 Å². The van der Waals surface area contributed by atoms with Crippen molar-refractivity contribution < 1.29 is 14.3 Å². The van der Waals surface area contributed by atoms with E-state index in [0.29, 0.717) is 6.54 Å². The van der Waals surface area contributed by atoms with E-state index in [0.717, 1.165) is 24.3 Å². The molecule has 6 heteroatoms. The molecule has 1 aliphatic heterocycles. The Hall–Kier alpha value is -1.43. The molecule has 2 rings (SSSR count). The minimum Gasteiger partial charge on any atom is -0.459 e. The maximum Gasteiger partial charge on any atom is 0.397 e. The first kappa shape index (κ1) is 13.0. The summed E-state index contributed by atoms with van der Waals surface area (Å²) in [6, 6.07) is -0.0735. The molecule has 18 heavy (non-hydrogen) atoms. The van der Waals surface area contributed by atoms with E-state index in [1.807, 2.05) is 5.38 Å². The number of rotatable bonds is 2. The average Bonchev–Trinajstić information content (AvgIpc) is 2.92. The molecule has 0 radical (unpaired) electrons. The number of aromatic nitrogens is 1. The number of piperidine rings is 1. The van der Waals surface area contributed by atoms with Crippen LogP contribution in [0.25, 0.3) is 0 Å². The van der Waals surface area contributed by atoms with Crippen LogP contribution in [0.1, 0.15) is 37.2 Å². The van der Waals surface area contributed by atoms with Gasteiger partial charge < -0.3 is 9.64 Å². The molecule has 1 aromatic rings. The number of nitrogens with zero attached hydrogens (tertiary/aromatic N) is 2. The number of ether oxygens (including phenoxy) is 1. The first-order valence-corrected chi connectivity index (χ1v) is 6.99. The molecule has 1 amide bonds. The van der Waals surface area contributed by atoms with Crippen LogP contribution in [0.3, 0.4) is 0 Å². The summed E-state index contributed by atoms with van der Waals surface area (Å²) in [5.41, 5.74) is 0. The highest BCUT2D eigenvalue weighted by Gasteiger charge is 2.33. The van der Waals surface area contributed by atoms with Crippen LogP contribution >= 0.6 is 11.3 Å². The molecule has 0 aromatic carbocycles. The second-order valence-corrected chi connectivity index (χ2v) is 5.03. The van der Waals surface area contributed by atoms with E-state index in [9.17, 15) is 9.59 Å². The van der Waals surface area contributed by atoms with E-state index < -0.39 is 11.9 Å². The molecular weight excluding hydrogens is 252 g/mol. The standard InChI is InChI=1S/C12H16N2O3S/c1-2-17-12(16)11(15)14-7-4-3-5-9(14)10-13-6-8-18-10/h6,8-9H,2-5,7H2,1H3/t9-/m0/s1. The Kier molecular flexibility index (Phi) is 4.30. The Labute approximate surface area is 110 Å². The van der Waals surface area contributed by atoms with Crippen LogP contribution in [0, 0.1) is 0 Å². The highest BCUT2D eigenvalue weighted by Crippen LogP contribution is 2.32. The Morgan fingerprint density at radius 2 is 2.39 bits per heavy atom. The first-order valence-electron chi connectivity index (χ1n) is 6.11. The quantitative estimate of drug-likeness (QED) is 0.606. The summed E-state index contributed by atoms with van der Waals surface area (Å²) in [6.07, 6.45) is 4.56. The van der Waals surface area contributed by atoms with Gasteiger partial charge in [-0.15, -0.1) is 11.3 Å². The van der Waals surface area contributed by atoms with Crippen molar-refractivity contribution in [2.24, 2.45) is 0 Å². The van der Waals surface area contributed by atoms with Gasteiger partial charge in [-0.1, -0.05) is 0 Å². The molecule has 5 nitrogen and oxygen atoms in total. The van der Waals surface area contributed by atoms with E-state index in [1.165, 1.54) is 11.3 Å². The Morgan fingerprint density at radius 1 is 1.56 bits per heavy atom. The molecule has 1 aliphatic rings. The van der Waals surface area contributed by atoms with Gasteiger partial charge in [0, 0.05) is 18.1 Å². The lowest BCUT2D eigenvalue weighted by Crippen LogP contribution is -2.42. The number of amides is 1. The molecule has 1 saturated heterocycles. The van der Waals surface area contributed by atoms with E-state index in [2.05, 4.69) is 4.98 Å². The van der Waals surface area contributed by atoms with Crippen LogP contribution in [-0.4, -0.2) is 34.9 Å². The number of hydrogen-bond donors (Lipinski definition) is 0. The number of thiazole rings is 1. The first-order chi connectivity index (χ1) is 8.74. The van der Waals surface area contributed by atoms with Crippen LogP contribution in [-0.2, 0) is 14.3 Å². The fourth-order valence-electron chi connectivity index (χ4n) is 2.14. The summed E-state index contributed by atoms with van der Waals surface area (Å²) in [5, 5.41) is 2.78. The number of carbonyl (C=O) groups is 2. The van der Waals surface area contributed by atoms with Crippen molar-refractivity contribution in [2.75, 3.05) is 13.2 Å². The van der Waals surface area contributed by atoms with Crippen LogP contribution in [0.4, 0.5) is 0 Å². The second kappa shape index (κ2) is 5.95. The van der Waals surface area contributed by atoms with Crippen molar-refractivity contribution in [3.05, 3.63) is 16.6 Å². The summed E-state index contributed by atoms with van der Waals surface area (Å²) < 4.78 is 4.78. The van der Waals surface area contributed by atoms with Crippen LogP contribution in [0.15, 0.2) is 11.6 Å². The van der Waals surface area contributed by atoms with Gasteiger partial charge in [0.1, 0.15) is 5.01 Å². The third-order valence-electron chi connectivity index (χ3n) is 2.95. The van der Waals surface area contributed by atoms with E-state index in [4.69, 9.17) is 4.74 Å². The monoisotopic (exact) mass is 268 g/mol. The van der Waals surface area contributed by atoms with Gasteiger partial charge in [0.15, 0.2) is 0 Å². The zero-order valence-electron chi connectivity index (χ0n) is 10.3. The van der Waals surface area contributed by atoms with Gasteiger partial charge in [-0.25, -0.2) is 9.78 Å². The molecule has 2 heterocycles. The number of hydrogen-bond acceptors (Lipinski definition) is 5. The summed E-state index contributed by atoms with van der Waals surface area (Å²) in [7, 11) is 0. The van der Waals surface area contributed by atoms with E-state index >= 15 is 0 Å². The van der Waals surface area contributed by atoms with Gasteiger partial charge in [-0.3, -0.25) is 4.79 Å². The number of carbonyl (C=O) groups excluding carboxylic acids is 2. The zero-order valence-corrected chi connectivity index (χ0v) is 11.1. The minimum absolute atomic E-state index is 0.0735. The molecular formula is C12H16N2O3S. The van der Waals surface area contributed by atoms with Gasteiger partial charge in [0.25, 0.3) is 0 Å². The van der Waals surface area contributed by atoms with E-state index in [-0.39, 0.29) is 12.6 Å². The summed E-state index contributed by atoms with van der Waals surface area (Å²) in [6.45, 7) is 2.52. The molecule has 1 aromatic heterocycles. The molecule has 0 bridgehead atoms. The van der Waals surface area contributed by atoms with Crippen LogP contribution < -0.4 is 0 Å². The number of esters is 1. The lowest BCUT2D eigenvalue weighted by molar-refractivity contribution is -0.161. The lowest BCUT2D eigenvalue weighted by atomic mass is 10.0. The molecule has 0 aliphatic carbocycles. The maximum atomic E-state index is 12.0. The summed E-state index contributed by atoms with van der Waals surface area (Å²) in [4.78, 5) is 29.4. The van der Waals surface area contributed by atoms with Crippen molar-refractivity contribution in [1.82, 2.24) is 9.88 Å². The van der Waals surface area contributed by atoms with Gasteiger partial charge >= 0.3 is 11.9 Å². The average molecular weight is 268 g/mol. The fraction of sp³-hybridized carbons (Fsp3) is 0.583. The number of likely N-dealkylation sites (tertiary alicyclic amines) is 1. The molecule has 0 N–H and O–H groups in total. The Morgan fingerprint density at radius 3 is 3.06 bits per heavy atom. The van der Waals surface area contributed by atoms with Crippen molar-refractivity contribution >= 4 is 23.2 Å². The molecule has 0 saturated carbocycles. The summed E-state index contributed by atoms with van der Waals surface area (Å²) in [5.74, 6) is -1.31. The third-order valence-corrected chi connectivity index (χ3v) is 3.83. The lowest BCUT2D eigenvalue weighted by Gasteiger charge is -2.33. The predicted octanol–water partition coefficient (Wildman–Crippen LogP) is 1.76. The minimum atomic E-state index is -0.763. The largest absolute Gasteiger partial charge is 0.459 e. The smallest absolute Gasteiger partial charge is 0.397 e. The molecule has 98 valence electrons. The van der Waals surface area contributed by atoms with Crippen molar-refractivity contribution in [3.63, 3.8) is 0 Å². The van der Waals surface area contributed by atoms with Crippen LogP contribution in [0.5, 0.6) is 0 Å². The van der Waals surface area contributed by atoms with Crippen molar-refractivity contribution in [2.45, 2.75) is 32.2 Å². The molecule has 0 unspecified atom stereocenters. The third kappa shape index (κ3) is 2.69. The molecule has 1 fully saturated rings. The Bertz CT molecular complexity index is 419. The van der Waals surface area contributed by atoms with Gasteiger partial charge in [0.2, 0.25) is 0 Å². The summed E-state index contributed by atoms with van der Waals surface area (Å²) >= 11 is 1.52. The normalized spacial score (nSPS) is 19.6.